The molecule has 0 amide bonds. The van der Waals surface area contributed by atoms with Crippen molar-refractivity contribution >= 4 is 11.3 Å². The summed E-state index contributed by atoms with van der Waals surface area (Å²) in [4.78, 5) is 1.19. The lowest BCUT2D eigenvalue weighted by molar-refractivity contribution is 0.0286. The van der Waals surface area contributed by atoms with Gasteiger partial charge in [-0.3, -0.25) is 0 Å². The molecule has 1 atom stereocenters. The normalized spacial score (nSPS) is 16.7. The van der Waals surface area contributed by atoms with Gasteiger partial charge in [0.2, 0.25) is 0 Å². The van der Waals surface area contributed by atoms with E-state index in [1.165, 1.54) is 17.7 Å². The molecule has 5 heteroatoms. The molecule has 1 unspecified atom stereocenters. The number of nitrogens with one attached hydrogen (secondary N) is 1. The van der Waals surface area contributed by atoms with Crippen molar-refractivity contribution in [3.05, 3.63) is 22.4 Å². The predicted octanol–water partition coefficient (Wildman–Crippen LogP) is 1.64. The van der Waals surface area contributed by atoms with Crippen molar-refractivity contribution in [3.63, 3.8) is 0 Å². The van der Waals surface area contributed by atoms with Crippen LogP contribution >= 0.6 is 11.3 Å². The number of thiophene rings is 1. The Morgan fingerprint density at radius 1 is 1.42 bits per heavy atom. The molecule has 1 aromatic rings. The van der Waals surface area contributed by atoms with Gasteiger partial charge in [-0.15, -0.1) is 11.3 Å². The van der Waals surface area contributed by atoms with Crippen molar-refractivity contribution in [1.82, 2.24) is 5.32 Å². The van der Waals surface area contributed by atoms with Crippen LogP contribution in [0.1, 0.15) is 17.7 Å². The molecule has 1 aromatic heterocycles. The van der Waals surface area contributed by atoms with E-state index < -0.39 is 6.10 Å². The molecule has 2 N–H and O–H groups in total. The first kappa shape index (κ1) is 14.9. The minimum Gasteiger partial charge on any atom is -0.389 e. The molecule has 0 radical (unpaired) electrons. The molecule has 19 heavy (non-hydrogen) atoms. The second-order valence-corrected chi connectivity index (χ2v) is 6.00. The van der Waals surface area contributed by atoms with E-state index in [-0.39, 0.29) is 0 Å². The second kappa shape index (κ2) is 8.66. The van der Waals surface area contributed by atoms with Gasteiger partial charge in [-0.25, -0.2) is 0 Å². The van der Waals surface area contributed by atoms with Crippen molar-refractivity contribution < 1.29 is 14.6 Å². The molecule has 0 aliphatic heterocycles. The summed E-state index contributed by atoms with van der Waals surface area (Å²) >= 11 is 1.67. The molecule has 2 rings (SSSR count). The van der Waals surface area contributed by atoms with E-state index in [1.54, 1.807) is 11.3 Å². The number of aliphatic hydroxyl groups excluding tert-OH is 1. The van der Waals surface area contributed by atoms with Gasteiger partial charge in [0.1, 0.15) is 0 Å². The fraction of sp³-hybridized carbons (Fsp3) is 0.714. The molecule has 1 saturated carbocycles. The zero-order valence-corrected chi connectivity index (χ0v) is 12.0. The van der Waals surface area contributed by atoms with E-state index in [9.17, 15) is 5.11 Å². The molecular weight excluding hydrogens is 262 g/mol. The summed E-state index contributed by atoms with van der Waals surface area (Å²) in [5.74, 6) is 0.816. The summed E-state index contributed by atoms with van der Waals surface area (Å²) in [6.45, 7) is 3.91. The van der Waals surface area contributed by atoms with Crippen molar-refractivity contribution in [2.24, 2.45) is 5.92 Å². The summed E-state index contributed by atoms with van der Waals surface area (Å²) in [5.41, 5.74) is 0. The Labute approximate surface area is 118 Å². The first-order chi connectivity index (χ1) is 9.34. The van der Waals surface area contributed by atoms with Gasteiger partial charge in [-0.05, 0) is 30.2 Å². The van der Waals surface area contributed by atoms with E-state index in [4.69, 9.17) is 9.47 Å². The summed E-state index contributed by atoms with van der Waals surface area (Å²) in [5, 5.41) is 14.9. The molecule has 1 heterocycles. The SMILES string of the molecule is OC(CNCCOCC1CC1)COCc1cccs1. The van der Waals surface area contributed by atoms with Crippen LogP contribution in [0.2, 0.25) is 0 Å². The molecule has 108 valence electrons. The van der Waals surface area contributed by atoms with Crippen LogP contribution < -0.4 is 5.32 Å². The van der Waals surface area contributed by atoms with Crippen molar-refractivity contribution in [1.29, 1.82) is 0 Å². The van der Waals surface area contributed by atoms with Crippen LogP contribution in [0.15, 0.2) is 17.5 Å². The van der Waals surface area contributed by atoms with Gasteiger partial charge in [0, 0.05) is 24.6 Å². The van der Waals surface area contributed by atoms with E-state index in [0.29, 0.717) is 19.8 Å². The number of ether oxygens (including phenoxy) is 2. The highest BCUT2D eigenvalue weighted by Gasteiger charge is 2.20. The Bertz CT molecular complexity index is 327. The summed E-state index contributed by atoms with van der Waals surface area (Å²) in [6, 6.07) is 4.04. The van der Waals surface area contributed by atoms with Gasteiger partial charge in [-0.1, -0.05) is 6.07 Å². The molecule has 4 nitrogen and oxygen atoms in total. The highest BCUT2D eigenvalue weighted by molar-refractivity contribution is 7.09. The van der Waals surface area contributed by atoms with Crippen molar-refractivity contribution in [2.45, 2.75) is 25.6 Å². The number of hydrogen-bond donors (Lipinski definition) is 2. The Kier molecular flexibility index (Phi) is 6.81. The Morgan fingerprint density at radius 3 is 3.05 bits per heavy atom. The Hall–Kier alpha value is -0.460. The average molecular weight is 285 g/mol. The predicted molar refractivity (Wildman–Crippen MR) is 76.4 cm³/mol. The number of rotatable bonds is 11. The lowest BCUT2D eigenvalue weighted by Gasteiger charge is -2.12. The van der Waals surface area contributed by atoms with Gasteiger partial charge in [-0.2, -0.15) is 0 Å². The second-order valence-electron chi connectivity index (χ2n) is 4.97. The molecule has 0 spiro atoms. The van der Waals surface area contributed by atoms with Crippen molar-refractivity contribution in [2.75, 3.05) is 32.9 Å². The lowest BCUT2D eigenvalue weighted by Crippen LogP contribution is -2.32. The molecule has 0 saturated heterocycles. The first-order valence-electron chi connectivity index (χ1n) is 6.91. The van der Waals surface area contributed by atoms with Crippen LogP contribution in [-0.2, 0) is 16.1 Å². The third-order valence-electron chi connectivity index (χ3n) is 2.99. The average Bonchev–Trinajstić information content (AvgIpc) is 3.08. The van der Waals surface area contributed by atoms with Gasteiger partial charge in [0.05, 0.1) is 25.9 Å². The van der Waals surface area contributed by atoms with E-state index in [2.05, 4.69) is 5.32 Å². The number of hydrogen-bond acceptors (Lipinski definition) is 5. The third kappa shape index (κ3) is 7.03. The molecule has 0 aromatic carbocycles. The van der Waals surface area contributed by atoms with Crippen LogP contribution in [0.25, 0.3) is 0 Å². The maximum Gasteiger partial charge on any atom is 0.0897 e. The minimum atomic E-state index is -0.455. The molecule has 1 aliphatic carbocycles. The van der Waals surface area contributed by atoms with E-state index in [0.717, 1.165) is 25.7 Å². The maximum absolute atomic E-state index is 9.71. The Balaban J connectivity index is 1.37. The maximum atomic E-state index is 9.71. The topological polar surface area (TPSA) is 50.7 Å². The summed E-state index contributed by atoms with van der Waals surface area (Å²) in [7, 11) is 0. The van der Waals surface area contributed by atoms with E-state index >= 15 is 0 Å². The van der Waals surface area contributed by atoms with Crippen LogP contribution in [0.5, 0.6) is 0 Å². The highest BCUT2D eigenvalue weighted by Crippen LogP contribution is 2.28. The molecule has 0 bridgehead atoms. The van der Waals surface area contributed by atoms with Gasteiger partial charge in [0.15, 0.2) is 0 Å². The minimum absolute atomic E-state index is 0.369. The van der Waals surface area contributed by atoms with E-state index in [1.807, 2.05) is 17.5 Å². The zero-order valence-electron chi connectivity index (χ0n) is 11.2. The third-order valence-corrected chi connectivity index (χ3v) is 3.84. The van der Waals surface area contributed by atoms with Crippen LogP contribution in [0.4, 0.5) is 0 Å². The fourth-order valence-electron chi connectivity index (χ4n) is 1.70. The fourth-order valence-corrected chi connectivity index (χ4v) is 2.34. The molecule has 1 fully saturated rings. The van der Waals surface area contributed by atoms with Crippen LogP contribution in [-0.4, -0.2) is 44.1 Å². The van der Waals surface area contributed by atoms with Crippen LogP contribution in [0, 0.1) is 5.92 Å². The summed E-state index contributed by atoms with van der Waals surface area (Å²) < 4.78 is 10.9. The zero-order chi connectivity index (χ0) is 13.3. The van der Waals surface area contributed by atoms with Crippen LogP contribution in [0.3, 0.4) is 0 Å². The molecular formula is C14H23NO3S. The first-order valence-corrected chi connectivity index (χ1v) is 7.79. The monoisotopic (exact) mass is 285 g/mol. The largest absolute Gasteiger partial charge is 0.389 e. The van der Waals surface area contributed by atoms with Gasteiger partial charge >= 0.3 is 0 Å². The Morgan fingerprint density at radius 2 is 2.32 bits per heavy atom. The molecule has 1 aliphatic rings. The lowest BCUT2D eigenvalue weighted by atomic mass is 10.4. The van der Waals surface area contributed by atoms with Crippen molar-refractivity contribution in [3.8, 4) is 0 Å². The number of aliphatic hydroxyl groups is 1. The van der Waals surface area contributed by atoms with Gasteiger partial charge in [0.25, 0.3) is 0 Å². The van der Waals surface area contributed by atoms with Gasteiger partial charge < -0.3 is 19.9 Å². The standard InChI is InChI=1S/C14H23NO3S/c16-13(10-18-11-14-2-1-7-19-14)8-15-5-6-17-9-12-3-4-12/h1-2,7,12-13,15-16H,3-6,8-11H2. The summed E-state index contributed by atoms with van der Waals surface area (Å²) in [6.07, 6.45) is 2.20. The smallest absolute Gasteiger partial charge is 0.0897 e. The highest BCUT2D eigenvalue weighted by atomic mass is 32.1. The quantitative estimate of drug-likeness (QED) is 0.607.